The summed E-state index contributed by atoms with van der Waals surface area (Å²) in [6, 6.07) is 8.66. The molecular formula is C16H22N4O2S. The molecule has 0 unspecified atom stereocenters. The van der Waals surface area contributed by atoms with Crippen LogP contribution in [0.5, 0.6) is 0 Å². The molecule has 0 amide bonds. The van der Waals surface area contributed by atoms with Gasteiger partial charge in [0.15, 0.2) is 0 Å². The van der Waals surface area contributed by atoms with Crippen molar-refractivity contribution < 1.29 is 8.42 Å². The van der Waals surface area contributed by atoms with E-state index in [4.69, 9.17) is 0 Å². The van der Waals surface area contributed by atoms with E-state index < -0.39 is 10.0 Å². The standard InChI is InChI=1S/C16H22N4O2S/c1-15-17-7-8-19(15)12-9-18-10-13-20(14-11-18)23(21,22)16-5-3-2-4-6-16/h2-8H,9-14H2,1H3. The van der Waals surface area contributed by atoms with Crippen LogP contribution in [0.15, 0.2) is 47.6 Å². The second-order valence-corrected chi connectivity index (χ2v) is 7.66. The van der Waals surface area contributed by atoms with E-state index in [-0.39, 0.29) is 0 Å². The van der Waals surface area contributed by atoms with E-state index in [0.717, 1.165) is 32.0 Å². The Hall–Kier alpha value is -1.70. The van der Waals surface area contributed by atoms with E-state index in [1.165, 1.54) is 0 Å². The molecule has 1 aliphatic rings. The topological polar surface area (TPSA) is 58.4 Å². The van der Waals surface area contributed by atoms with Crippen molar-refractivity contribution in [1.29, 1.82) is 0 Å². The molecule has 1 aromatic heterocycles. The molecule has 0 atom stereocenters. The average Bonchev–Trinajstić information content (AvgIpc) is 2.99. The number of rotatable bonds is 5. The van der Waals surface area contributed by atoms with Crippen LogP contribution in [0.2, 0.25) is 0 Å². The van der Waals surface area contributed by atoms with E-state index in [9.17, 15) is 8.42 Å². The molecule has 2 heterocycles. The Labute approximate surface area is 137 Å². The van der Waals surface area contributed by atoms with Crippen molar-refractivity contribution in [1.82, 2.24) is 18.8 Å². The lowest BCUT2D eigenvalue weighted by Gasteiger charge is -2.34. The van der Waals surface area contributed by atoms with Crippen molar-refractivity contribution in [2.45, 2.75) is 18.4 Å². The third kappa shape index (κ3) is 3.63. The summed E-state index contributed by atoms with van der Waals surface area (Å²) >= 11 is 0. The Balaban J connectivity index is 1.55. The van der Waals surface area contributed by atoms with Gasteiger partial charge in [-0.2, -0.15) is 4.31 Å². The summed E-state index contributed by atoms with van der Waals surface area (Å²) in [4.78, 5) is 6.89. The number of hydrogen-bond acceptors (Lipinski definition) is 4. The lowest BCUT2D eigenvalue weighted by Crippen LogP contribution is -2.49. The number of nitrogens with zero attached hydrogens (tertiary/aromatic N) is 4. The Bertz CT molecular complexity index is 734. The zero-order valence-corrected chi connectivity index (χ0v) is 14.1. The molecular weight excluding hydrogens is 312 g/mol. The molecule has 6 nitrogen and oxygen atoms in total. The second kappa shape index (κ2) is 6.82. The molecule has 1 aromatic carbocycles. The number of aromatic nitrogens is 2. The normalized spacial score (nSPS) is 17.4. The van der Waals surface area contributed by atoms with Crippen molar-refractivity contribution in [3.63, 3.8) is 0 Å². The van der Waals surface area contributed by atoms with Gasteiger partial charge in [0.05, 0.1) is 4.90 Å². The average molecular weight is 334 g/mol. The molecule has 1 saturated heterocycles. The predicted molar refractivity (Wildman–Crippen MR) is 88.6 cm³/mol. The van der Waals surface area contributed by atoms with Crippen LogP contribution in [0, 0.1) is 6.92 Å². The Kier molecular flexibility index (Phi) is 4.79. The Morgan fingerprint density at radius 3 is 2.35 bits per heavy atom. The van der Waals surface area contributed by atoms with Crippen molar-refractivity contribution in [2.24, 2.45) is 0 Å². The number of aryl methyl sites for hydroxylation is 1. The molecule has 0 bridgehead atoms. The number of benzene rings is 1. The highest BCUT2D eigenvalue weighted by Gasteiger charge is 2.28. The van der Waals surface area contributed by atoms with E-state index >= 15 is 0 Å². The third-order valence-corrected chi connectivity index (χ3v) is 6.21. The molecule has 0 spiro atoms. The van der Waals surface area contributed by atoms with Crippen molar-refractivity contribution in [3.05, 3.63) is 48.5 Å². The SMILES string of the molecule is Cc1nccn1CCN1CCN(S(=O)(=O)c2ccccc2)CC1. The van der Waals surface area contributed by atoms with Gasteiger partial charge in [-0.3, -0.25) is 4.90 Å². The molecule has 2 aromatic rings. The highest BCUT2D eigenvalue weighted by Crippen LogP contribution is 2.17. The van der Waals surface area contributed by atoms with Crippen LogP contribution < -0.4 is 0 Å². The van der Waals surface area contributed by atoms with Crippen LogP contribution in [-0.4, -0.2) is 59.9 Å². The Morgan fingerprint density at radius 1 is 1.04 bits per heavy atom. The Morgan fingerprint density at radius 2 is 1.74 bits per heavy atom. The van der Waals surface area contributed by atoms with E-state index in [2.05, 4.69) is 14.5 Å². The second-order valence-electron chi connectivity index (χ2n) is 5.73. The fourth-order valence-electron chi connectivity index (χ4n) is 2.82. The summed E-state index contributed by atoms with van der Waals surface area (Å²) in [5.41, 5.74) is 0. The first-order valence-corrected chi connectivity index (χ1v) is 9.27. The minimum atomic E-state index is -3.36. The molecule has 0 aliphatic carbocycles. The maximum absolute atomic E-state index is 12.6. The van der Waals surface area contributed by atoms with Gasteiger partial charge in [-0.1, -0.05) is 18.2 Å². The van der Waals surface area contributed by atoms with Gasteiger partial charge in [-0.25, -0.2) is 13.4 Å². The van der Waals surface area contributed by atoms with E-state index in [0.29, 0.717) is 18.0 Å². The molecule has 3 rings (SSSR count). The zero-order chi connectivity index (χ0) is 16.3. The van der Waals surface area contributed by atoms with Crippen LogP contribution in [0.3, 0.4) is 0 Å². The van der Waals surface area contributed by atoms with E-state index in [1.54, 1.807) is 34.8 Å². The molecule has 7 heteroatoms. The maximum atomic E-state index is 12.6. The zero-order valence-electron chi connectivity index (χ0n) is 13.3. The summed E-state index contributed by atoms with van der Waals surface area (Å²) in [6.45, 7) is 6.40. The predicted octanol–water partition coefficient (Wildman–Crippen LogP) is 1.20. The third-order valence-electron chi connectivity index (χ3n) is 4.29. The molecule has 0 N–H and O–H groups in total. The van der Waals surface area contributed by atoms with Crippen LogP contribution in [0.4, 0.5) is 0 Å². The first-order valence-electron chi connectivity index (χ1n) is 7.83. The van der Waals surface area contributed by atoms with Gasteiger partial charge >= 0.3 is 0 Å². The van der Waals surface area contributed by atoms with Gasteiger partial charge < -0.3 is 4.57 Å². The fraction of sp³-hybridized carbons (Fsp3) is 0.438. The smallest absolute Gasteiger partial charge is 0.243 e. The minimum Gasteiger partial charge on any atom is -0.334 e. The molecule has 1 aliphatic heterocycles. The van der Waals surface area contributed by atoms with E-state index in [1.807, 2.05) is 19.2 Å². The van der Waals surface area contributed by atoms with Crippen LogP contribution in [0.1, 0.15) is 5.82 Å². The summed E-state index contributed by atoms with van der Waals surface area (Å²) in [6.07, 6.45) is 3.78. The quantitative estimate of drug-likeness (QED) is 0.824. The van der Waals surface area contributed by atoms with Gasteiger partial charge in [0.2, 0.25) is 10.0 Å². The van der Waals surface area contributed by atoms with Crippen LogP contribution in [-0.2, 0) is 16.6 Å². The summed E-state index contributed by atoms with van der Waals surface area (Å²) in [7, 11) is -3.36. The molecule has 1 fully saturated rings. The summed E-state index contributed by atoms with van der Waals surface area (Å²) < 4.78 is 28.9. The first-order chi connectivity index (χ1) is 11.1. The number of hydrogen-bond donors (Lipinski definition) is 0. The van der Waals surface area contributed by atoms with Gasteiger partial charge in [-0.05, 0) is 19.1 Å². The highest BCUT2D eigenvalue weighted by molar-refractivity contribution is 7.89. The molecule has 0 radical (unpaired) electrons. The molecule has 124 valence electrons. The van der Waals surface area contributed by atoms with Crippen LogP contribution in [0.25, 0.3) is 0 Å². The summed E-state index contributed by atoms with van der Waals surface area (Å²) in [5.74, 6) is 1.01. The lowest BCUT2D eigenvalue weighted by atomic mass is 10.3. The first kappa shape index (κ1) is 16.2. The van der Waals surface area contributed by atoms with Crippen molar-refractivity contribution >= 4 is 10.0 Å². The highest BCUT2D eigenvalue weighted by atomic mass is 32.2. The van der Waals surface area contributed by atoms with Gasteiger partial charge in [-0.15, -0.1) is 0 Å². The molecule has 0 saturated carbocycles. The van der Waals surface area contributed by atoms with Gasteiger partial charge in [0.1, 0.15) is 5.82 Å². The number of imidazole rings is 1. The fourth-order valence-corrected chi connectivity index (χ4v) is 4.27. The largest absolute Gasteiger partial charge is 0.334 e. The molecule has 23 heavy (non-hydrogen) atoms. The maximum Gasteiger partial charge on any atom is 0.243 e. The van der Waals surface area contributed by atoms with Gasteiger partial charge in [0.25, 0.3) is 0 Å². The van der Waals surface area contributed by atoms with Gasteiger partial charge in [0, 0.05) is 51.7 Å². The van der Waals surface area contributed by atoms with Crippen molar-refractivity contribution in [2.75, 3.05) is 32.7 Å². The number of piperazine rings is 1. The lowest BCUT2D eigenvalue weighted by molar-refractivity contribution is 0.182. The summed E-state index contributed by atoms with van der Waals surface area (Å²) in [5, 5.41) is 0. The van der Waals surface area contributed by atoms with Crippen molar-refractivity contribution in [3.8, 4) is 0 Å². The van der Waals surface area contributed by atoms with Crippen LogP contribution >= 0.6 is 0 Å². The monoisotopic (exact) mass is 334 g/mol. The number of sulfonamides is 1. The minimum absolute atomic E-state index is 0.377.